The van der Waals surface area contributed by atoms with Crippen LogP contribution in [0.2, 0.25) is 5.02 Å². The molecule has 1 saturated heterocycles. The van der Waals surface area contributed by atoms with Crippen LogP contribution in [0.4, 0.5) is 25.0 Å². The second-order valence-electron chi connectivity index (χ2n) is 10.5. The first-order chi connectivity index (χ1) is 19.0. The van der Waals surface area contributed by atoms with Gasteiger partial charge in [-0.1, -0.05) is 11.6 Å². The lowest BCUT2D eigenvalue weighted by Gasteiger charge is -2.36. The summed E-state index contributed by atoms with van der Waals surface area (Å²) >= 11 is 6.19. The largest absolute Gasteiger partial charge is 0.444 e. The van der Waals surface area contributed by atoms with Gasteiger partial charge in [0, 0.05) is 72.2 Å². The van der Waals surface area contributed by atoms with Crippen molar-refractivity contribution in [1.82, 2.24) is 19.7 Å². The van der Waals surface area contributed by atoms with Crippen LogP contribution in [0.5, 0.6) is 0 Å². The average molecular weight is 567 g/mol. The normalized spacial score (nSPS) is 13.9. The first-order valence-corrected chi connectivity index (χ1v) is 13.2. The Balaban J connectivity index is 1.44. The van der Waals surface area contributed by atoms with Crippen molar-refractivity contribution < 1.29 is 18.3 Å². The highest BCUT2D eigenvalue weighted by molar-refractivity contribution is 6.31. The minimum Gasteiger partial charge on any atom is -0.444 e. The van der Waals surface area contributed by atoms with Gasteiger partial charge in [-0.25, -0.2) is 18.3 Å². The molecular formula is C29H29ClF2N6O2. The Kier molecular flexibility index (Phi) is 7.37. The number of amides is 1. The van der Waals surface area contributed by atoms with Crippen molar-refractivity contribution in [1.29, 1.82) is 0 Å². The van der Waals surface area contributed by atoms with Crippen LogP contribution >= 0.6 is 11.6 Å². The zero-order chi connectivity index (χ0) is 28.6. The Hall–Kier alpha value is -4.18. The summed E-state index contributed by atoms with van der Waals surface area (Å²) in [5.41, 5.74) is 7.69. The van der Waals surface area contributed by atoms with E-state index in [0.29, 0.717) is 48.7 Å². The van der Waals surface area contributed by atoms with Gasteiger partial charge in [-0.3, -0.25) is 4.98 Å². The Morgan fingerprint density at radius 1 is 1.00 bits per heavy atom. The topological polar surface area (TPSA) is 89.5 Å². The van der Waals surface area contributed by atoms with Gasteiger partial charge in [-0.15, -0.1) is 0 Å². The molecule has 11 heteroatoms. The van der Waals surface area contributed by atoms with Crippen molar-refractivity contribution >= 4 is 29.1 Å². The Morgan fingerprint density at radius 3 is 2.35 bits per heavy atom. The highest BCUT2D eigenvalue weighted by atomic mass is 35.5. The number of hydrogen-bond donors (Lipinski definition) is 1. The summed E-state index contributed by atoms with van der Waals surface area (Å²) in [7, 11) is 0. The van der Waals surface area contributed by atoms with E-state index in [2.05, 4.69) is 10.1 Å². The predicted molar refractivity (Wildman–Crippen MR) is 152 cm³/mol. The first-order valence-electron chi connectivity index (χ1n) is 12.8. The zero-order valence-electron chi connectivity index (χ0n) is 22.4. The Morgan fingerprint density at radius 2 is 1.70 bits per heavy atom. The number of nitrogen functional groups attached to an aromatic ring is 1. The van der Waals surface area contributed by atoms with E-state index in [1.165, 1.54) is 22.9 Å². The number of benzene rings is 2. The fraction of sp³-hybridized carbons (Fsp3) is 0.276. The molecule has 2 aromatic carbocycles. The SMILES string of the molecule is CC(C)(C)OC(=O)N1CCN(c2ccc(-n3cc(-c4cc(Cl)cc(N)c4F)c(-c4ccncc4)n3)c(F)c2)CC1. The molecule has 40 heavy (non-hydrogen) atoms. The van der Waals surface area contributed by atoms with Crippen LogP contribution < -0.4 is 10.6 Å². The zero-order valence-corrected chi connectivity index (χ0v) is 23.1. The summed E-state index contributed by atoms with van der Waals surface area (Å²) in [5.74, 6) is -1.14. The molecule has 1 aliphatic heterocycles. The number of rotatable bonds is 4. The van der Waals surface area contributed by atoms with Crippen LogP contribution in [-0.2, 0) is 4.74 Å². The van der Waals surface area contributed by atoms with Crippen LogP contribution in [0, 0.1) is 11.6 Å². The summed E-state index contributed by atoms with van der Waals surface area (Å²) in [6.07, 6.45) is 4.39. The highest BCUT2D eigenvalue weighted by Gasteiger charge is 2.27. The predicted octanol–water partition coefficient (Wildman–Crippen LogP) is 6.17. The molecule has 1 aliphatic rings. The Labute approximate surface area is 235 Å². The second kappa shape index (κ2) is 10.8. The van der Waals surface area contributed by atoms with Crippen molar-refractivity contribution in [3.05, 3.63) is 77.7 Å². The second-order valence-corrected chi connectivity index (χ2v) is 11.0. The van der Waals surface area contributed by atoms with Gasteiger partial charge in [0.05, 0.1) is 5.69 Å². The fourth-order valence-electron chi connectivity index (χ4n) is 4.58. The van der Waals surface area contributed by atoms with Gasteiger partial charge in [0.15, 0.2) is 11.6 Å². The number of aromatic nitrogens is 3. The van der Waals surface area contributed by atoms with Crippen molar-refractivity contribution in [2.75, 3.05) is 36.8 Å². The molecule has 4 aromatic rings. The summed E-state index contributed by atoms with van der Waals surface area (Å²) in [5, 5.41) is 4.88. The molecule has 0 aliphatic carbocycles. The third-order valence-electron chi connectivity index (χ3n) is 6.50. The summed E-state index contributed by atoms with van der Waals surface area (Å²) in [6, 6.07) is 11.1. The number of anilines is 2. The molecule has 8 nitrogen and oxygen atoms in total. The van der Waals surface area contributed by atoms with Gasteiger partial charge >= 0.3 is 6.09 Å². The first kappa shape index (κ1) is 27.4. The lowest BCUT2D eigenvalue weighted by atomic mass is 10.0. The van der Waals surface area contributed by atoms with E-state index >= 15 is 8.78 Å². The molecule has 2 aromatic heterocycles. The van der Waals surface area contributed by atoms with E-state index in [9.17, 15) is 4.79 Å². The van der Waals surface area contributed by atoms with Gasteiger partial charge in [0.1, 0.15) is 17.0 Å². The molecule has 1 fully saturated rings. The maximum absolute atomic E-state index is 15.5. The minimum atomic E-state index is -0.638. The molecule has 0 bridgehead atoms. The number of ether oxygens (including phenoxy) is 1. The molecule has 0 atom stereocenters. The molecule has 1 amide bonds. The average Bonchev–Trinajstić information content (AvgIpc) is 3.35. The number of carbonyl (C=O) groups is 1. The van der Waals surface area contributed by atoms with E-state index in [-0.39, 0.29) is 28.1 Å². The van der Waals surface area contributed by atoms with Crippen LogP contribution in [-0.4, -0.2) is 57.5 Å². The van der Waals surface area contributed by atoms with Crippen LogP contribution in [0.1, 0.15) is 20.8 Å². The molecule has 0 spiro atoms. The number of hydrogen-bond acceptors (Lipinski definition) is 6. The number of carbonyl (C=O) groups excluding carboxylic acids is 1. The maximum Gasteiger partial charge on any atom is 0.410 e. The van der Waals surface area contributed by atoms with E-state index in [4.69, 9.17) is 22.1 Å². The van der Waals surface area contributed by atoms with Crippen LogP contribution in [0.3, 0.4) is 0 Å². The highest BCUT2D eigenvalue weighted by Crippen LogP contribution is 2.37. The van der Waals surface area contributed by atoms with E-state index in [1.807, 2.05) is 25.7 Å². The molecule has 0 radical (unpaired) electrons. The molecule has 208 valence electrons. The molecule has 2 N–H and O–H groups in total. The van der Waals surface area contributed by atoms with Crippen LogP contribution in [0.25, 0.3) is 28.1 Å². The van der Waals surface area contributed by atoms with Gasteiger partial charge in [-0.2, -0.15) is 5.10 Å². The van der Waals surface area contributed by atoms with Crippen molar-refractivity contribution in [3.63, 3.8) is 0 Å². The lowest BCUT2D eigenvalue weighted by Crippen LogP contribution is -2.50. The van der Waals surface area contributed by atoms with Gasteiger partial charge < -0.3 is 20.3 Å². The summed E-state index contributed by atoms with van der Waals surface area (Å²) in [4.78, 5) is 20.1. The van der Waals surface area contributed by atoms with Crippen LogP contribution in [0.15, 0.2) is 61.1 Å². The smallest absolute Gasteiger partial charge is 0.410 e. The molecule has 3 heterocycles. The monoisotopic (exact) mass is 566 g/mol. The molecule has 0 saturated carbocycles. The van der Waals surface area contributed by atoms with E-state index in [1.54, 1.807) is 47.8 Å². The van der Waals surface area contributed by atoms with E-state index in [0.717, 1.165) is 0 Å². The van der Waals surface area contributed by atoms with Crippen molar-refractivity contribution in [3.8, 4) is 28.1 Å². The summed E-state index contributed by atoms with van der Waals surface area (Å²) < 4.78 is 37.5. The van der Waals surface area contributed by atoms with E-state index < -0.39 is 17.2 Å². The number of nitrogens with zero attached hydrogens (tertiary/aromatic N) is 5. The molecule has 5 rings (SSSR count). The fourth-order valence-corrected chi connectivity index (χ4v) is 4.80. The van der Waals surface area contributed by atoms with Crippen molar-refractivity contribution in [2.45, 2.75) is 26.4 Å². The Bertz CT molecular complexity index is 1550. The standard InChI is InChI=1S/C29H29ClF2N6O2/c1-29(2,3)40-28(39)37-12-10-36(11-13-37)20-4-5-25(23(31)16-20)38-17-22(21-14-19(30)15-24(33)26(21)32)27(35-38)18-6-8-34-9-7-18/h4-9,14-17H,10-13,33H2,1-3H3. The number of halogens is 3. The van der Waals surface area contributed by atoms with Gasteiger partial charge in [0.2, 0.25) is 0 Å². The quantitative estimate of drug-likeness (QED) is 0.297. The molecule has 0 unspecified atom stereocenters. The molecular weight excluding hydrogens is 538 g/mol. The number of nitrogens with two attached hydrogens (primary N) is 1. The third kappa shape index (κ3) is 5.72. The van der Waals surface area contributed by atoms with Crippen molar-refractivity contribution in [2.24, 2.45) is 0 Å². The lowest BCUT2D eigenvalue weighted by molar-refractivity contribution is 0.0240. The van der Waals surface area contributed by atoms with Gasteiger partial charge in [-0.05, 0) is 63.2 Å². The minimum absolute atomic E-state index is 0.0989. The number of pyridine rings is 1. The van der Waals surface area contributed by atoms with Gasteiger partial charge in [0.25, 0.3) is 0 Å². The third-order valence-corrected chi connectivity index (χ3v) is 6.72. The number of piperazine rings is 1. The summed E-state index contributed by atoms with van der Waals surface area (Å²) in [6.45, 7) is 7.48. The maximum atomic E-state index is 15.5.